The van der Waals surface area contributed by atoms with E-state index in [2.05, 4.69) is 0 Å². The minimum Gasteiger partial charge on any atom is -0.479 e. The van der Waals surface area contributed by atoms with Crippen LogP contribution < -0.4 is 0 Å². The summed E-state index contributed by atoms with van der Waals surface area (Å²) in [6, 6.07) is 12.9. The Morgan fingerprint density at radius 1 is 1.16 bits per heavy atom. The van der Waals surface area contributed by atoms with E-state index in [1.807, 2.05) is 0 Å². The maximum Gasteiger partial charge on any atom is 0.331 e. The molecule has 0 bridgehead atoms. The molecular formula is C18H12FNO3S2. The fraction of sp³-hybridized carbons (Fsp3) is 0.0556. The SMILES string of the molecule is O=C(O)C(c1ccccc1)N1C(=O)/C(=C\c2ccc(F)cc2)SC1=S. The maximum absolute atomic E-state index is 13.0. The molecule has 1 aliphatic heterocycles. The highest BCUT2D eigenvalue weighted by Crippen LogP contribution is 2.38. The number of thiocarbonyl (C=S) groups is 1. The van der Waals surface area contributed by atoms with Crippen molar-refractivity contribution in [3.63, 3.8) is 0 Å². The largest absolute Gasteiger partial charge is 0.479 e. The Bertz CT molecular complexity index is 866. The number of carboxylic acids is 1. The molecule has 0 saturated carbocycles. The van der Waals surface area contributed by atoms with Crippen molar-refractivity contribution in [2.24, 2.45) is 0 Å². The second-order valence-corrected chi connectivity index (χ2v) is 6.93. The second kappa shape index (κ2) is 7.16. The molecule has 7 heteroatoms. The summed E-state index contributed by atoms with van der Waals surface area (Å²) in [5.41, 5.74) is 1.10. The lowest BCUT2D eigenvalue weighted by Crippen LogP contribution is -2.37. The third-order valence-electron chi connectivity index (χ3n) is 3.60. The number of carboxylic acid groups (broad SMARTS) is 1. The van der Waals surface area contributed by atoms with Gasteiger partial charge in [0, 0.05) is 0 Å². The first-order valence-corrected chi connectivity index (χ1v) is 8.50. The average Bonchev–Trinajstić information content (AvgIpc) is 2.86. The summed E-state index contributed by atoms with van der Waals surface area (Å²) in [5, 5.41) is 9.61. The molecule has 1 N–H and O–H groups in total. The van der Waals surface area contributed by atoms with Crippen molar-refractivity contribution in [1.82, 2.24) is 4.90 Å². The van der Waals surface area contributed by atoms with Crippen LogP contribution in [0, 0.1) is 5.82 Å². The van der Waals surface area contributed by atoms with Gasteiger partial charge >= 0.3 is 5.97 Å². The molecule has 126 valence electrons. The van der Waals surface area contributed by atoms with Gasteiger partial charge in [-0.25, -0.2) is 9.18 Å². The van der Waals surface area contributed by atoms with Gasteiger partial charge in [0.25, 0.3) is 5.91 Å². The highest BCUT2D eigenvalue weighted by atomic mass is 32.2. The number of aliphatic carboxylic acids is 1. The lowest BCUT2D eigenvalue weighted by molar-refractivity contribution is -0.145. The number of amides is 1. The van der Waals surface area contributed by atoms with Gasteiger partial charge in [0.05, 0.1) is 4.91 Å². The van der Waals surface area contributed by atoms with E-state index in [1.165, 1.54) is 24.3 Å². The first-order valence-electron chi connectivity index (χ1n) is 7.28. The predicted molar refractivity (Wildman–Crippen MR) is 98.2 cm³/mol. The van der Waals surface area contributed by atoms with E-state index in [4.69, 9.17) is 12.2 Å². The zero-order chi connectivity index (χ0) is 18.0. The molecule has 1 amide bonds. The molecule has 1 heterocycles. The van der Waals surface area contributed by atoms with Crippen LogP contribution >= 0.6 is 24.0 Å². The van der Waals surface area contributed by atoms with E-state index < -0.39 is 17.9 Å². The molecule has 25 heavy (non-hydrogen) atoms. The zero-order valence-corrected chi connectivity index (χ0v) is 14.4. The number of rotatable bonds is 4. The smallest absolute Gasteiger partial charge is 0.331 e. The van der Waals surface area contributed by atoms with E-state index >= 15 is 0 Å². The van der Waals surface area contributed by atoms with Crippen molar-refractivity contribution in [3.8, 4) is 0 Å². The minimum atomic E-state index is -1.19. The van der Waals surface area contributed by atoms with Crippen molar-refractivity contribution in [3.05, 3.63) is 76.4 Å². The zero-order valence-electron chi connectivity index (χ0n) is 12.8. The summed E-state index contributed by atoms with van der Waals surface area (Å²) >= 11 is 6.26. The van der Waals surface area contributed by atoms with E-state index in [9.17, 15) is 19.1 Å². The third kappa shape index (κ3) is 3.62. The summed E-state index contributed by atoms with van der Waals surface area (Å²) in [6.07, 6.45) is 1.57. The van der Waals surface area contributed by atoms with Gasteiger partial charge in [0.2, 0.25) is 0 Å². The molecule has 2 aromatic rings. The highest BCUT2D eigenvalue weighted by molar-refractivity contribution is 8.26. The number of hydrogen-bond acceptors (Lipinski definition) is 4. The Morgan fingerprint density at radius 2 is 1.80 bits per heavy atom. The fourth-order valence-electron chi connectivity index (χ4n) is 2.45. The number of carbonyl (C=O) groups excluding carboxylic acids is 1. The second-order valence-electron chi connectivity index (χ2n) is 5.25. The fourth-order valence-corrected chi connectivity index (χ4v) is 3.76. The van der Waals surface area contributed by atoms with Crippen LogP contribution in [0.15, 0.2) is 59.5 Å². The molecular weight excluding hydrogens is 361 g/mol. The van der Waals surface area contributed by atoms with Crippen LogP contribution in [0.3, 0.4) is 0 Å². The van der Waals surface area contributed by atoms with Crippen molar-refractivity contribution in [2.75, 3.05) is 0 Å². The molecule has 1 unspecified atom stereocenters. The third-order valence-corrected chi connectivity index (χ3v) is 4.93. The molecule has 1 aliphatic rings. The predicted octanol–water partition coefficient (Wildman–Crippen LogP) is 3.85. The topological polar surface area (TPSA) is 57.6 Å². The van der Waals surface area contributed by atoms with Crippen LogP contribution in [0.1, 0.15) is 17.2 Å². The van der Waals surface area contributed by atoms with Crippen LogP contribution in [0.2, 0.25) is 0 Å². The average molecular weight is 373 g/mol. The number of thioether (sulfide) groups is 1. The van der Waals surface area contributed by atoms with Gasteiger partial charge in [-0.15, -0.1) is 0 Å². The lowest BCUT2D eigenvalue weighted by atomic mass is 10.1. The number of hydrogen-bond donors (Lipinski definition) is 1. The van der Waals surface area contributed by atoms with Gasteiger partial charge in [-0.1, -0.05) is 66.4 Å². The minimum absolute atomic E-state index is 0.176. The lowest BCUT2D eigenvalue weighted by Gasteiger charge is -2.23. The summed E-state index contributed by atoms with van der Waals surface area (Å²) < 4.78 is 13.2. The molecule has 0 aromatic heterocycles. The standard InChI is InChI=1S/C18H12FNO3S2/c19-13-8-6-11(7-9-13)10-14-16(21)20(18(24)25-14)15(17(22)23)12-4-2-1-3-5-12/h1-10,15H,(H,22,23)/b14-10+. The molecule has 1 saturated heterocycles. The Hall–Kier alpha value is -2.51. The van der Waals surface area contributed by atoms with Crippen molar-refractivity contribution in [1.29, 1.82) is 0 Å². The maximum atomic E-state index is 13.0. The van der Waals surface area contributed by atoms with Crippen molar-refractivity contribution >= 4 is 46.3 Å². The number of benzene rings is 2. The molecule has 0 radical (unpaired) electrons. The molecule has 0 aliphatic carbocycles. The Labute approximate surface area is 153 Å². The Balaban J connectivity index is 1.95. The van der Waals surface area contributed by atoms with E-state index in [0.29, 0.717) is 16.0 Å². The van der Waals surface area contributed by atoms with Crippen molar-refractivity contribution < 1.29 is 19.1 Å². The molecule has 3 rings (SSSR count). The summed E-state index contributed by atoms with van der Waals surface area (Å²) in [7, 11) is 0. The van der Waals surface area contributed by atoms with Gasteiger partial charge in [-0.05, 0) is 29.3 Å². The Kier molecular flexibility index (Phi) is 4.96. The monoisotopic (exact) mass is 373 g/mol. The quantitative estimate of drug-likeness (QED) is 0.652. The van der Waals surface area contributed by atoms with Crippen LogP contribution in [0.5, 0.6) is 0 Å². The first kappa shape index (κ1) is 17.3. The van der Waals surface area contributed by atoms with E-state index in [0.717, 1.165) is 16.7 Å². The van der Waals surface area contributed by atoms with Gasteiger partial charge in [0.15, 0.2) is 6.04 Å². The van der Waals surface area contributed by atoms with E-state index in [-0.39, 0.29) is 10.1 Å². The molecule has 2 aromatic carbocycles. The number of halogens is 1. The molecule has 1 fully saturated rings. The van der Waals surface area contributed by atoms with Gasteiger partial charge in [-0.2, -0.15) is 0 Å². The molecule has 4 nitrogen and oxygen atoms in total. The van der Waals surface area contributed by atoms with Gasteiger partial charge in [0.1, 0.15) is 10.1 Å². The summed E-state index contributed by atoms with van der Waals surface area (Å²) in [6.45, 7) is 0. The van der Waals surface area contributed by atoms with E-state index in [1.54, 1.807) is 36.4 Å². The van der Waals surface area contributed by atoms with Gasteiger partial charge < -0.3 is 5.11 Å². The highest BCUT2D eigenvalue weighted by Gasteiger charge is 2.41. The van der Waals surface area contributed by atoms with Crippen LogP contribution in [-0.2, 0) is 9.59 Å². The Morgan fingerprint density at radius 3 is 2.40 bits per heavy atom. The first-order chi connectivity index (χ1) is 12.0. The van der Waals surface area contributed by atoms with Crippen LogP contribution in [0.4, 0.5) is 4.39 Å². The normalized spacial score (nSPS) is 17.2. The summed E-state index contributed by atoms with van der Waals surface area (Å²) in [5.74, 6) is -2.01. The van der Waals surface area contributed by atoms with Gasteiger partial charge in [-0.3, -0.25) is 9.69 Å². The van der Waals surface area contributed by atoms with Crippen LogP contribution in [0.25, 0.3) is 6.08 Å². The molecule has 1 atom stereocenters. The van der Waals surface area contributed by atoms with Crippen LogP contribution in [-0.4, -0.2) is 26.2 Å². The number of nitrogens with zero attached hydrogens (tertiary/aromatic N) is 1. The number of carbonyl (C=O) groups is 2. The molecule has 0 spiro atoms. The van der Waals surface area contributed by atoms with Crippen molar-refractivity contribution in [2.45, 2.75) is 6.04 Å². The summed E-state index contributed by atoms with van der Waals surface area (Å²) in [4.78, 5) is 25.9.